The van der Waals surface area contributed by atoms with Crippen molar-refractivity contribution in [1.82, 2.24) is 0 Å². The third-order valence-electron chi connectivity index (χ3n) is 4.11. The quantitative estimate of drug-likeness (QED) is 0.890. The monoisotopic (exact) mass is 246 g/mol. The molecule has 0 unspecified atom stereocenters. The first-order valence-electron chi connectivity index (χ1n) is 6.81. The van der Waals surface area contributed by atoms with Crippen LogP contribution in [0.2, 0.25) is 0 Å². The highest BCUT2D eigenvalue weighted by Gasteiger charge is 2.38. The normalized spacial score (nSPS) is 28.1. The fourth-order valence-electron chi connectivity index (χ4n) is 2.57. The van der Waals surface area contributed by atoms with Gasteiger partial charge < -0.3 is 5.11 Å². The number of carbonyl (C=O) groups excluding carboxylic acids is 1. The van der Waals surface area contributed by atoms with E-state index in [0.717, 1.165) is 18.4 Å². The number of aliphatic hydroxyl groups is 1. The van der Waals surface area contributed by atoms with Crippen molar-refractivity contribution < 1.29 is 9.90 Å². The summed E-state index contributed by atoms with van der Waals surface area (Å²) in [5, 5.41) is 10.4. The first kappa shape index (κ1) is 13.3. The largest absolute Gasteiger partial charge is 0.382 e. The fraction of sp³-hybridized carbons (Fsp3) is 0.562. The highest BCUT2D eigenvalue weighted by molar-refractivity contribution is 5.89. The molecule has 0 amide bonds. The summed E-state index contributed by atoms with van der Waals surface area (Å²) >= 11 is 0. The van der Waals surface area contributed by atoms with E-state index < -0.39 is 5.60 Å². The van der Waals surface area contributed by atoms with E-state index in [1.54, 1.807) is 0 Å². The molecule has 18 heavy (non-hydrogen) atoms. The zero-order valence-electron chi connectivity index (χ0n) is 11.3. The Kier molecular flexibility index (Phi) is 3.86. The number of hydrogen-bond acceptors (Lipinski definition) is 2. The number of ketones is 1. The van der Waals surface area contributed by atoms with Crippen molar-refractivity contribution in [2.75, 3.05) is 0 Å². The van der Waals surface area contributed by atoms with Gasteiger partial charge in [-0.2, -0.15) is 0 Å². The lowest BCUT2D eigenvalue weighted by atomic mass is 9.76. The summed E-state index contributed by atoms with van der Waals surface area (Å²) in [6, 6.07) is 7.97. The van der Waals surface area contributed by atoms with E-state index in [4.69, 9.17) is 0 Å². The van der Waals surface area contributed by atoms with Gasteiger partial charge in [0.15, 0.2) is 5.78 Å². The maximum absolute atomic E-state index is 12.2. The van der Waals surface area contributed by atoms with Gasteiger partial charge in [0.25, 0.3) is 0 Å². The van der Waals surface area contributed by atoms with Crippen LogP contribution in [0.3, 0.4) is 0 Å². The van der Waals surface area contributed by atoms with Crippen LogP contribution in [0.4, 0.5) is 0 Å². The highest BCUT2D eigenvalue weighted by Crippen LogP contribution is 2.33. The van der Waals surface area contributed by atoms with Crippen LogP contribution < -0.4 is 0 Å². The second kappa shape index (κ2) is 5.23. The molecule has 1 fully saturated rings. The summed E-state index contributed by atoms with van der Waals surface area (Å²) in [4.78, 5) is 12.2. The Hall–Kier alpha value is -1.15. The van der Waals surface area contributed by atoms with E-state index in [2.05, 4.69) is 6.92 Å². The van der Waals surface area contributed by atoms with Gasteiger partial charge in [0.1, 0.15) is 5.60 Å². The molecule has 0 heterocycles. The lowest BCUT2D eigenvalue weighted by Crippen LogP contribution is -2.42. The van der Waals surface area contributed by atoms with Gasteiger partial charge >= 0.3 is 0 Å². The number of rotatable bonds is 3. The first-order valence-corrected chi connectivity index (χ1v) is 6.81. The molecule has 0 saturated heterocycles. The molecule has 2 rings (SSSR count). The van der Waals surface area contributed by atoms with Crippen molar-refractivity contribution in [2.24, 2.45) is 5.92 Å². The van der Waals surface area contributed by atoms with Crippen molar-refractivity contribution in [1.29, 1.82) is 0 Å². The third kappa shape index (κ3) is 2.99. The number of carbonyl (C=O) groups is 1. The summed E-state index contributed by atoms with van der Waals surface area (Å²) in [5.41, 5.74) is 1.12. The first-order chi connectivity index (χ1) is 8.49. The van der Waals surface area contributed by atoms with E-state index in [-0.39, 0.29) is 5.78 Å². The topological polar surface area (TPSA) is 37.3 Å². The lowest BCUT2D eigenvalue weighted by molar-refractivity contribution is -0.140. The van der Waals surface area contributed by atoms with E-state index in [0.29, 0.717) is 25.2 Å². The summed E-state index contributed by atoms with van der Waals surface area (Å²) in [6.07, 6.45) is 3.51. The SMILES string of the molecule is Cc1ccc(CC(=O)C2(O)CCC(C)CC2)cc1. The molecule has 0 bridgehead atoms. The molecule has 0 radical (unpaired) electrons. The maximum atomic E-state index is 12.2. The molecule has 1 aliphatic rings. The minimum Gasteiger partial charge on any atom is -0.382 e. The van der Waals surface area contributed by atoms with Gasteiger partial charge in [-0.25, -0.2) is 0 Å². The smallest absolute Gasteiger partial charge is 0.168 e. The molecule has 0 atom stereocenters. The van der Waals surface area contributed by atoms with Crippen LogP contribution in [0.1, 0.15) is 43.7 Å². The fourth-order valence-corrected chi connectivity index (χ4v) is 2.57. The van der Waals surface area contributed by atoms with Crippen LogP contribution in [0.15, 0.2) is 24.3 Å². The zero-order valence-corrected chi connectivity index (χ0v) is 11.3. The van der Waals surface area contributed by atoms with Crippen molar-refractivity contribution in [3.05, 3.63) is 35.4 Å². The second-order valence-corrected chi connectivity index (χ2v) is 5.80. The Bertz CT molecular complexity index is 411. The van der Waals surface area contributed by atoms with Crippen molar-refractivity contribution in [2.45, 2.75) is 51.6 Å². The Morgan fingerprint density at radius 1 is 1.28 bits per heavy atom. The predicted molar refractivity (Wildman–Crippen MR) is 72.5 cm³/mol. The van der Waals surface area contributed by atoms with Crippen molar-refractivity contribution in [3.8, 4) is 0 Å². The molecule has 2 nitrogen and oxygen atoms in total. The van der Waals surface area contributed by atoms with Crippen LogP contribution in [0, 0.1) is 12.8 Å². The average Bonchev–Trinajstić information content (AvgIpc) is 2.36. The van der Waals surface area contributed by atoms with Gasteiger partial charge in [0.05, 0.1) is 0 Å². The Balaban J connectivity index is 2.01. The molecule has 1 N–H and O–H groups in total. The maximum Gasteiger partial charge on any atom is 0.168 e. The summed E-state index contributed by atoms with van der Waals surface area (Å²) in [7, 11) is 0. The molecule has 0 spiro atoms. The molecule has 2 heteroatoms. The van der Waals surface area contributed by atoms with Gasteiger partial charge in [-0.1, -0.05) is 36.8 Å². The van der Waals surface area contributed by atoms with Gasteiger partial charge in [-0.05, 0) is 44.1 Å². The van der Waals surface area contributed by atoms with Crippen molar-refractivity contribution >= 4 is 5.78 Å². The van der Waals surface area contributed by atoms with Crippen LogP contribution in [0.5, 0.6) is 0 Å². The van der Waals surface area contributed by atoms with E-state index in [1.165, 1.54) is 5.56 Å². The minimum atomic E-state index is -1.07. The van der Waals surface area contributed by atoms with Crippen LogP contribution in [-0.2, 0) is 11.2 Å². The average molecular weight is 246 g/mol. The van der Waals surface area contributed by atoms with Crippen LogP contribution in [0.25, 0.3) is 0 Å². The summed E-state index contributed by atoms with van der Waals surface area (Å²) in [6.45, 7) is 4.21. The zero-order chi connectivity index (χ0) is 13.2. The molecule has 1 aromatic carbocycles. The Morgan fingerprint density at radius 2 is 1.83 bits per heavy atom. The number of aryl methyl sites for hydroxylation is 1. The molecular weight excluding hydrogens is 224 g/mol. The third-order valence-corrected chi connectivity index (χ3v) is 4.11. The van der Waals surface area contributed by atoms with Gasteiger partial charge in [-0.3, -0.25) is 4.79 Å². The number of Topliss-reactive ketones (excluding diaryl/α,β-unsaturated/α-hetero) is 1. The van der Waals surface area contributed by atoms with Crippen molar-refractivity contribution in [3.63, 3.8) is 0 Å². The summed E-state index contributed by atoms with van der Waals surface area (Å²) < 4.78 is 0. The Morgan fingerprint density at radius 3 is 2.39 bits per heavy atom. The molecule has 1 aliphatic carbocycles. The predicted octanol–water partition coefficient (Wildman–Crippen LogP) is 3.05. The second-order valence-electron chi connectivity index (χ2n) is 5.80. The molecule has 0 aliphatic heterocycles. The molecule has 98 valence electrons. The molecule has 0 aromatic heterocycles. The van der Waals surface area contributed by atoms with Crippen LogP contribution in [-0.4, -0.2) is 16.5 Å². The molecule has 1 saturated carbocycles. The molecule has 1 aromatic rings. The standard InChI is InChI=1S/C16H22O2/c1-12-3-5-14(6-4-12)11-15(17)16(18)9-7-13(2)8-10-16/h3-6,13,18H,7-11H2,1-2H3. The summed E-state index contributed by atoms with van der Waals surface area (Å²) in [5.74, 6) is 0.621. The van der Waals surface area contributed by atoms with Gasteiger partial charge in [0.2, 0.25) is 0 Å². The van der Waals surface area contributed by atoms with E-state index in [9.17, 15) is 9.90 Å². The molecular formula is C16H22O2. The number of benzene rings is 1. The highest BCUT2D eigenvalue weighted by atomic mass is 16.3. The van der Waals surface area contributed by atoms with Gasteiger partial charge in [-0.15, -0.1) is 0 Å². The van der Waals surface area contributed by atoms with Gasteiger partial charge in [0, 0.05) is 6.42 Å². The lowest BCUT2D eigenvalue weighted by Gasteiger charge is -2.33. The minimum absolute atomic E-state index is 0.0155. The van der Waals surface area contributed by atoms with Crippen LogP contribution >= 0.6 is 0 Å². The van der Waals surface area contributed by atoms with E-state index in [1.807, 2.05) is 31.2 Å². The number of hydrogen-bond donors (Lipinski definition) is 1. The van der Waals surface area contributed by atoms with E-state index >= 15 is 0 Å². The Labute approximate surface area is 109 Å².